The average Bonchev–Trinajstić information content (AvgIpc) is 2.47. The maximum absolute atomic E-state index is 11.0. The molecule has 0 bridgehead atoms. The lowest BCUT2D eigenvalue weighted by Gasteiger charge is -2.09. The number of pyridine rings is 1. The zero-order valence-corrected chi connectivity index (χ0v) is 12.0. The summed E-state index contributed by atoms with van der Waals surface area (Å²) < 4.78 is 5.67. The first-order valence-corrected chi connectivity index (χ1v) is 6.74. The highest BCUT2D eigenvalue weighted by Gasteiger charge is 2.13. The topological polar surface area (TPSA) is 77.3 Å². The highest BCUT2D eigenvalue weighted by molar-refractivity contribution is 5.49. The van der Waals surface area contributed by atoms with E-state index in [0.29, 0.717) is 18.1 Å². The Hall–Kier alpha value is -2.63. The largest absolute Gasteiger partial charge is 0.438 e. The fraction of sp³-hybridized carbons (Fsp3) is 0.267. The van der Waals surface area contributed by atoms with Gasteiger partial charge in [-0.1, -0.05) is 25.1 Å². The van der Waals surface area contributed by atoms with Crippen molar-refractivity contribution in [3.05, 3.63) is 52.1 Å². The van der Waals surface area contributed by atoms with Gasteiger partial charge in [0.15, 0.2) is 0 Å². The summed E-state index contributed by atoms with van der Waals surface area (Å²) in [5.74, 6) is 1.28. The number of nitrogens with one attached hydrogen (secondary N) is 1. The second kappa shape index (κ2) is 6.69. The fourth-order valence-corrected chi connectivity index (χ4v) is 1.78. The van der Waals surface area contributed by atoms with Crippen LogP contribution in [-0.2, 0) is 0 Å². The SMILES string of the molecule is CCCNc1cc([N+](=O)[O-])cc(Oc2ccccc2C)n1. The molecule has 21 heavy (non-hydrogen) atoms. The molecule has 0 radical (unpaired) electrons. The van der Waals surface area contributed by atoms with E-state index in [1.807, 2.05) is 32.0 Å². The van der Waals surface area contributed by atoms with Gasteiger partial charge in [0.25, 0.3) is 5.69 Å². The molecule has 0 saturated heterocycles. The standard InChI is InChI=1S/C15H17N3O3/c1-3-8-16-14-9-12(18(19)20)10-15(17-14)21-13-7-5-4-6-11(13)2/h4-7,9-10H,3,8H2,1-2H3,(H,16,17). The predicted octanol–water partition coefficient (Wildman–Crippen LogP) is 3.91. The summed E-state index contributed by atoms with van der Waals surface area (Å²) in [6, 6.07) is 10.2. The maximum Gasteiger partial charge on any atom is 0.278 e. The van der Waals surface area contributed by atoms with Gasteiger partial charge in [0, 0.05) is 6.54 Å². The van der Waals surface area contributed by atoms with Crippen LogP contribution in [0.3, 0.4) is 0 Å². The lowest BCUT2D eigenvalue weighted by molar-refractivity contribution is -0.384. The van der Waals surface area contributed by atoms with Crippen molar-refractivity contribution >= 4 is 11.5 Å². The molecule has 0 unspecified atom stereocenters. The Morgan fingerprint density at radius 1 is 1.33 bits per heavy atom. The third-order valence-electron chi connectivity index (χ3n) is 2.86. The summed E-state index contributed by atoms with van der Waals surface area (Å²) in [7, 11) is 0. The van der Waals surface area contributed by atoms with Gasteiger partial charge in [0.05, 0.1) is 17.1 Å². The highest BCUT2D eigenvalue weighted by Crippen LogP contribution is 2.28. The second-order valence-electron chi connectivity index (χ2n) is 4.60. The molecule has 0 atom stereocenters. The molecule has 1 aromatic heterocycles. The van der Waals surface area contributed by atoms with Crippen molar-refractivity contribution < 1.29 is 9.66 Å². The Morgan fingerprint density at radius 2 is 2.10 bits per heavy atom. The third-order valence-corrected chi connectivity index (χ3v) is 2.86. The Morgan fingerprint density at radius 3 is 2.76 bits per heavy atom. The molecule has 1 N–H and O–H groups in total. The number of aromatic nitrogens is 1. The number of nitro groups is 1. The summed E-state index contributed by atoms with van der Waals surface area (Å²) in [5.41, 5.74) is 0.890. The molecule has 0 saturated carbocycles. The summed E-state index contributed by atoms with van der Waals surface area (Å²) >= 11 is 0. The number of hydrogen-bond donors (Lipinski definition) is 1. The van der Waals surface area contributed by atoms with Gasteiger partial charge in [-0.15, -0.1) is 0 Å². The van der Waals surface area contributed by atoms with Gasteiger partial charge >= 0.3 is 0 Å². The van der Waals surface area contributed by atoms with Gasteiger partial charge < -0.3 is 10.1 Å². The van der Waals surface area contributed by atoms with Crippen LogP contribution in [0.1, 0.15) is 18.9 Å². The van der Waals surface area contributed by atoms with Gasteiger partial charge in [-0.3, -0.25) is 10.1 Å². The minimum absolute atomic E-state index is 0.0489. The molecule has 2 rings (SSSR count). The van der Waals surface area contributed by atoms with Gasteiger partial charge in [-0.25, -0.2) is 0 Å². The normalized spacial score (nSPS) is 10.2. The Bertz CT molecular complexity index is 644. The average molecular weight is 287 g/mol. The van der Waals surface area contributed by atoms with Crippen LogP contribution < -0.4 is 10.1 Å². The van der Waals surface area contributed by atoms with Crippen LogP contribution in [0.2, 0.25) is 0 Å². The number of hydrogen-bond acceptors (Lipinski definition) is 5. The van der Waals surface area contributed by atoms with Crippen molar-refractivity contribution in [1.29, 1.82) is 0 Å². The van der Waals surface area contributed by atoms with E-state index in [4.69, 9.17) is 4.74 Å². The van der Waals surface area contributed by atoms with Crippen molar-refractivity contribution in [1.82, 2.24) is 4.98 Å². The number of rotatable bonds is 6. The number of anilines is 1. The van der Waals surface area contributed by atoms with Crippen molar-refractivity contribution in [2.45, 2.75) is 20.3 Å². The molecule has 1 heterocycles. The van der Waals surface area contributed by atoms with Crippen LogP contribution in [0.5, 0.6) is 11.6 Å². The molecule has 0 aliphatic rings. The van der Waals surface area contributed by atoms with E-state index in [1.165, 1.54) is 12.1 Å². The molecule has 0 aliphatic heterocycles. The van der Waals surface area contributed by atoms with Gasteiger partial charge in [0.1, 0.15) is 11.6 Å². The minimum Gasteiger partial charge on any atom is -0.438 e. The summed E-state index contributed by atoms with van der Waals surface area (Å²) in [5, 5.41) is 14.0. The first-order chi connectivity index (χ1) is 10.1. The van der Waals surface area contributed by atoms with Crippen molar-refractivity contribution in [2.75, 3.05) is 11.9 Å². The summed E-state index contributed by atoms with van der Waals surface area (Å²) in [4.78, 5) is 14.8. The van der Waals surface area contributed by atoms with Crippen molar-refractivity contribution in [2.24, 2.45) is 0 Å². The first kappa shape index (κ1) is 14.8. The number of ether oxygens (including phenoxy) is 1. The van der Waals surface area contributed by atoms with Gasteiger partial charge in [-0.2, -0.15) is 4.98 Å². The van der Waals surface area contributed by atoms with Crippen LogP contribution in [0.15, 0.2) is 36.4 Å². The molecule has 6 nitrogen and oxygen atoms in total. The third kappa shape index (κ3) is 3.92. The number of aryl methyl sites for hydroxylation is 1. The maximum atomic E-state index is 11.0. The molecule has 0 spiro atoms. The molecule has 0 aliphatic carbocycles. The molecular formula is C15H17N3O3. The molecule has 1 aromatic carbocycles. The highest BCUT2D eigenvalue weighted by atomic mass is 16.6. The Labute approximate surface area is 122 Å². The zero-order valence-electron chi connectivity index (χ0n) is 12.0. The Kier molecular flexibility index (Phi) is 4.71. The van der Waals surface area contributed by atoms with Gasteiger partial charge in [0.2, 0.25) is 5.88 Å². The smallest absolute Gasteiger partial charge is 0.278 e. The first-order valence-electron chi connectivity index (χ1n) is 6.74. The monoisotopic (exact) mass is 287 g/mol. The lowest BCUT2D eigenvalue weighted by atomic mass is 10.2. The van der Waals surface area contributed by atoms with E-state index >= 15 is 0 Å². The number of benzene rings is 1. The Balaban J connectivity index is 2.31. The summed E-state index contributed by atoms with van der Waals surface area (Å²) in [6.45, 7) is 4.61. The van der Waals surface area contributed by atoms with Crippen molar-refractivity contribution in [3.63, 3.8) is 0 Å². The molecule has 0 fully saturated rings. The van der Waals surface area contributed by atoms with Crippen LogP contribution in [-0.4, -0.2) is 16.5 Å². The van der Waals surface area contributed by atoms with Crippen LogP contribution in [0, 0.1) is 17.0 Å². The molecule has 110 valence electrons. The van der Waals surface area contributed by atoms with Gasteiger partial charge in [-0.05, 0) is 25.0 Å². The van der Waals surface area contributed by atoms with Crippen LogP contribution >= 0.6 is 0 Å². The number of para-hydroxylation sites is 1. The quantitative estimate of drug-likeness (QED) is 0.643. The predicted molar refractivity (Wildman–Crippen MR) is 80.9 cm³/mol. The van der Waals surface area contributed by atoms with Crippen LogP contribution in [0.4, 0.5) is 11.5 Å². The zero-order chi connectivity index (χ0) is 15.2. The summed E-state index contributed by atoms with van der Waals surface area (Å²) in [6.07, 6.45) is 0.901. The molecule has 0 amide bonds. The van der Waals surface area contributed by atoms with Crippen molar-refractivity contribution in [3.8, 4) is 11.6 Å². The fourth-order valence-electron chi connectivity index (χ4n) is 1.78. The van der Waals surface area contributed by atoms with E-state index < -0.39 is 4.92 Å². The van der Waals surface area contributed by atoms with E-state index in [-0.39, 0.29) is 11.6 Å². The molecule has 2 aromatic rings. The minimum atomic E-state index is -0.455. The number of nitrogens with zero attached hydrogens (tertiary/aromatic N) is 2. The van der Waals surface area contributed by atoms with E-state index in [2.05, 4.69) is 10.3 Å². The van der Waals surface area contributed by atoms with E-state index in [1.54, 1.807) is 6.07 Å². The van der Waals surface area contributed by atoms with E-state index in [0.717, 1.165) is 12.0 Å². The van der Waals surface area contributed by atoms with E-state index in [9.17, 15) is 10.1 Å². The lowest BCUT2D eigenvalue weighted by Crippen LogP contribution is -2.04. The van der Waals surface area contributed by atoms with Crippen LogP contribution in [0.25, 0.3) is 0 Å². The molecule has 6 heteroatoms. The molecular weight excluding hydrogens is 270 g/mol. The second-order valence-corrected chi connectivity index (χ2v) is 4.60.